The van der Waals surface area contributed by atoms with Gasteiger partial charge in [0, 0.05) is 17.1 Å². The number of hydrogen-bond donors (Lipinski definition) is 2. The summed E-state index contributed by atoms with van der Waals surface area (Å²) in [5.41, 5.74) is 5.32. The van der Waals surface area contributed by atoms with Crippen molar-refractivity contribution in [1.29, 1.82) is 0 Å². The van der Waals surface area contributed by atoms with Crippen LogP contribution in [0.2, 0.25) is 0 Å². The molecule has 0 amide bonds. The zero-order valence-corrected chi connectivity index (χ0v) is 14.0. The van der Waals surface area contributed by atoms with Crippen molar-refractivity contribution in [2.45, 2.75) is 77.0 Å². The van der Waals surface area contributed by atoms with Crippen LogP contribution >= 0.6 is 0 Å². The van der Waals surface area contributed by atoms with Gasteiger partial charge in [-0.05, 0) is 0 Å². The maximum absolute atomic E-state index is 10.3. The van der Waals surface area contributed by atoms with Crippen molar-refractivity contribution in [3.63, 3.8) is 0 Å². The summed E-state index contributed by atoms with van der Waals surface area (Å²) < 4.78 is 0. The molecule has 0 aromatic heterocycles. The van der Waals surface area contributed by atoms with E-state index in [9.17, 15) is 4.79 Å². The van der Waals surface area contributed by atoms with Crippen LogP contribution in [0, 0.1) is 25.8 Å². The molecule has 0 saturated heterocycles. The Kier molecular flexibility index (Phi) is 21.8. The van der Waals surface area contributed by atoms with E-state index in [4.69, 9.17) is 10.8 Å². The molecule has 0 unspecified atom stereocenters. The Hall–Kier alpha value is -0.181. The first kappa shape index (κ1) is 23.1. The number of carboxylic acids is 1. The largest absolute Gasteiger partial charge is 0.503 e. The first-order valence-electron chi connectivity index (χ1n) is 8.00. The molecule has 0 rings (SSSR count). The summed E-state index contributed by atoms with van der Waals surface area (Å²) in [5, 5.41) is 8.44. The van der Waals surface area contributed by atoms with Crippen molar-refractivity contribution >= 4 is 5.97 Å². The second-order valence-corrected chi connectivity index (χ2v) is 5.21. The third-order valence-corrected chi connectivity index (χ3v) is 3.29. The Morgan fingerprint density at radius 3 is 1.76 bits per heavy atom. The molecule has 3 N–H and O–H groups in total. The Bertz CT molecular complexity index is 213. The predicted molar refractivity (Wildman–Crippen MR) is 84.4 cm³/mol. The predicted octanol–water partition coefficient (Wildman–Crippen LogP) is 4.48. The Balaban J connectivity index is 0. The van der Waals surface area contributed by atoms with Crippen molar-refractivity contribution in [3.05, 3.63) is 25.8 Å². The SMILES string of the molecule is N[CH-]CCCC[CH-]CCCCCC[CH-]CC[CH-]C(=O)O.[Cu]. The standard InChI is InChI=1S/C17H31NO2.Cu/c18-16-14-12-10-8-6-4-2-1-3-5-7-9-11-13-15-17(19)20;/h6,9,15-16H,1-5,7-8,10-14,18H2,(H,19,20);/q-4;. The first-order chi connectivity index (χ1) is 9.77. The van der Waals surface area contributed by atoms with E-state index < -0.39 is 5.97 Å². The van der Waals surface area contributed by atoms with Gasteiger partial charge in [0.1, 0.15) is 0 Å². The van der Waals surface area contributed by atoms with Gasteiger partial charge >= 0.3 is 0 Å². The molecule has 0 atom stereocenters. The summed E-state index contributed by atoms with van der Waals surface area (Å²) in [6, 6.07) is 0. The van der Waals surface area contributed by atoms with Crippen LogP contribution in [0.3, 0.4) is 0 Å². The molecule has 0 aromatic carbocycles. The fourth-order valence-electron chi connectivity index (χ4n) is 2.10. The number of rotatable bonds is 16. The fourth-order valence-corrected chi connectivity index (χ4v) is 2.10. The van der Waals surface area contributed by atoms with Gasteiger partial charge in [-0.2, -0.15) is 32.1 Å². The number of unbranched alkanes of at least 4 members (excludes halogenated alkanes) is 13. The second-order valence-electron chi connectivity index (χ2n) is 5.21. The van der Waals surface area contributed by atoms with Gasteiger partial charge in [-0.1, -0.05) is 38.5 Å². The van der Waals surface area contributed by atoms with Gasteiger partial charge in [-0.25, -0.2) is 6.42 Å². The van der Waals surface area contributed by atoms with E-state index in [0.717, 1.165) is 19.3 Å². The number of carbonyl (C=O) groups is 1. The van der Waals surface area contributed by atoms with E-state index in [0.29, 0.717) is 6.42 Å². The number of nitrogens with two attached hydrogens (primary N) is 1. The van der Waals surface area contributed by atoms with Gasteiger partial charge in [-0.15, -0.1) is 0 Å². The number of hydrogen-bond acceptors (Lipinski definition) is 2. The number of carboxylic acid groups (broad SMARTS) is 1. The van der Waals surface area contributed by atoms with Crippen LogP contribution in [-0.2, 0) is 21.9 Å². The Morgan fingerprint density at radius 2 is 1.24 bits per heavy atom. The molecule has 0 heterocycles. The van der Waals surface area contributed by atoms with Crippen molar-refractivity contribution in [1.82, 2.24) is 0 Å². The summed E-state index contributed by atoms with van der Waals surface area (Å²) in [6.45, 7) is 1.75. The molecule has 0 aliphatic carbocycles. The summed E-state index contributed by atoms with van der Waals surface area (Å²) >= 11 is 0. The number of aliphatic carboxylic acids is 1. The van der Waals surface area contributed by atoms with E-state index in [1.54, 1.807) is 6.54 Å². The summed E-state index contributed by atoms with van der Waals surface area (Å²) in [6.07, 6.45) is 19.7. The van der Waals surface area contributed by atoms with Gasteiger partial charge in [0.2, 0.25) is 0 Å². The summed E-state index contributed by atoms with van der Waals surface area (Å²) in [7, 11) is 0. The van der Waals surface area contributed by atoms with E-state index in [1.807, 2.05) is 0 Å². The van der Waals surface area contributed by atoms with Crippen LogP contribution in [0.5, 0.6) is 0 Å². The summed E-state index contributed by atoms with van der Waals surface area (Å²) in [4.78, 5) is 10.3. The minimum Gasteiger partial charge on any atom is -0.503 e. The molecule has 0 aliphatic heterocycles. The van der Waals surface area contributed by atoms with E-state index in [-0.39, 0.29) is 17.1 Å². The zero-order chi connectivity index (χ0) is 14.9. The smallest absolute Gasteiger partial charge is 0.163 e. The molecule has 4 heteroatoms. The van der Waals surface area contributed by atoms with Crippen LogP contribution in [0.4, 0.5) is 0 Å². The maximum Gasteiger partial charge on any atom is 0.163 e. The van der Waals surface area contributed by atoms with Crippen molar-refractivity contribution in [3.8, 4) is 0 Å². The molecule has 131 valence electrons. The van der Waals surface area contributed by atoms with Crippen LogP contribution in [0.15, 0.2) is 0 Å². The van der Waals surface area contributed by atoms with Crippen molar-refractivity contribution in [2.24, 2.45) is 5.73 Å². The van der Waals surface area contributed by atoms with Crippen LogP contribution in [0.1, 0.15) is 77.0 Å². The molecule has 0 aromatic rings. The molecule has 0 spiro atoms. The third-order valence-electron chi connectivity index (χ3n) is 3.29. The normalized spacial score (nSPS) is 10.1. The van der Waals surface area contributed by atoms with E-state index in [1.165, 1.54) is 57.8 Å². The quantitative estimate of drug-likeness (QED) is 0.246. The summed E-state index contributed by atoms with van der Waals surface area (Å²) in [5.74, 6) is -0.809. The topological polar surface area (TPSA) is 63.3 Å². The zero-order valence-electron chi connectivity index (χ0n) is 13.0. The average Bonchev–Trinajstić information content (AvgIpc) is 2.43. The van der Waals surface area contributed by atoms with Gasteiger partial charge in [0.25, 0.3) is 0 Å². The van der Waals surface area contributed by atoms with Gasteiger partial charge in [0.05, 0.1) is 0 Å². The molecule has 0 aliphatic rings. The molecule has 21 heavy (non-hydrogen) atoms. The Morgan fingerprint density at radius 1 is 0.762 bits per heavy atom. The van der Waals surface area contributed by atoms with Gasteiger partial charge < -0.3 is 23.7 Å². The van der Waals surface area contributed by atoms with Crippen LogP contribution in [-0.4, -0.2) is 11.1 Å². The second kappa shape index (κ2) is 19.8. The van der Waals surface area contributed by atoms with Crippen molar-refractivity contribution in [2.75, 3.05) is 0 Å². The maximum atomic E-state index is 10.3. The molecule has 0 fully saturated rings. The third kappa shape index (κ3) is 22.2. The van der Waals surface area contributed by atoms with E-state index in [2.05, 4.69) is 12.8 Å². The van der Waals surface area contributed by atoms with Crippen LogP contribution < -0.4 is 5.73 Å². The van der Waals surface area contributed by atoms with Crippen LogP contribution in [0.25, 0.3) is 0 Å². The molecule has 0 saturated carbocycles. The van der Waals surface area contributed by atoms with Crippen molar-refractivity contribution < 1.29 is 27.0 Å². The molecule has 3 nitrogen and oxygen atoms in total. The molecule has 1 radical (unpaired) electrons. The minimum atomic E-state index is -0.809. The van der Waals surface area contributed by atoms with Gasteiger partial charge in [0.15, 0.2) is 5.97 Å². The average molecular weight is 345 g/mol. The van der Waals surface area contributed by atoms with E-state index >= 15 is 0 Å². The Labute approximate surface area is 141 Å². The fraction of sp³-hybridized carbons (Fsp3) is 0.706. The minimum absolute atomic E-state index is 0. The molecular weight excluding hydrogens is 314 g/mol. The first-order valence-corrected chi connectivity index (χ1v) is 8.00. The van der Waals surface area contributed by atoms with Gasteiger partial charge in [-0.3, -0.25) is 17.8 Å². The molecular formula is C17H31CuNO2-4. The molecule has 0 bridgehead atoms. The monoisotopic (exact) mass is 344 g/mol.